The van der Waals surface area contributed by atoms with Gasteiger partial charge in [0.2, 0.25) is 0 Å². The summed E-state index contributed by atoms with van der Waals surface area (Å²) in [5.41, 5.74) is 1.42. The maximum absolute atomic E-state index is 11.9. The van der Waals surface area contributed by atoms with Gasteiger partial charge in [0.1, 0.15) is 0 Å². The number of hydrogen-bond donors (Lipinski definition) is 2. The number of carbonyl (C=O) groups is 1. The van der Waals surface area contributed by atoms with Gasteiger partial charge < -0.3 is 5.32 Å². The first-order valence-electron chi connectivity index (χ1n) is 6.59. The third kappa shape index (κ3) is 4.12. The molecule has 0 bridgehead atoms. The smallest absolute Gasteiger partial charge is 0.272 e. The Morgan fingerprint density at radius 2 is 2.11 bits per heavy atom. The van der Waals surface area contributed by atoms with Crippen LogP contribution in [-0.2, 0) is 0 Å². The second-order valence-electron chi connectivity index (χ2n) is 4.77. The molecule has 102 valence electrons. The summed E-state index contributed by atoms with van der Waals surface area (Å²) in [7, 11) is 0. The lowest BCUT2D eigenvalue weighted by molar-refractivity contribution is 0.0947. The molecule has 1 heterocycles. The Kier molecular flexibility index (Phi) is 6.39. The van der Waals surface area contributed by atoms with Crippen molar-refractivity contribution >= 4 is 21.8 Å². The fourth-order valence-corrected chi connectivity index (χ4v) is 2.53. The molecule has 0 aromatic carbocycles. The van der Waals surface area contributed by atoms with E-state index in [9.17, 15) is 4.79 Å². The van der Waals surface area contributed by atoms with Gasteiger partial charge in [0.25, 0.3) is 5.91 Å². The van der Waals surface area contributed by atoms with E-state index in [4.69, 9.17) is 0 Å². The molecule has 0 aliphatic carbocycles. The maximum Gasteiger partial charge on any atom is 0.272 e. The van der Waals surface area contributed by atoms with E-state index in [1.165, 1.54) is 12.8 Å². The van der Waals surface area contributed by atoms with Crippen LogP contribution in [0.15, 0.2) is 4.47 Å². The molecule has 1 aromatic rings. The van der Waals surface area contributed by atoms with Gasteiger partial charge in [-0.1, -0.05) is 40.0 Å². The number of amides is 1. The average molecular weight is 316 g/mol. The fourth-order valence-electron chi connectivity index (χ4n) is 1.71. The van der Waals surface area contributed by atoms with Crippen molar-refractivity contribution in [1.29, 1.82) is 0 Å². The van der Waals surface area contributed by atoms with Crippen LogP contribution in [0.25, 0.3) is 0 Å². The normalized spacial score (nSPS) is 10.9. The molecule has 1 rings (SSSR count). The Morgan fingerprint density at radius 1 is 1.39 bits per heavy atom. The van der Waals surface area contributed by atoms with E-state index in [-0.39, 0.29) is 5.91 Å². The highest BCUT2D eigenvalue weighted by atomic mass is 79.9. The lowest BCUT2D eigenvalue weighted by Crippen LogP contribution is -2.25. The minimum absolute atomic E-state index is 0.110. The van der Waals surface area contributed by atoms with Crippen molar-refractivity contribution in [3.05, 3.63) is 15.9 Å². The summed E-state index contributed by atoms with van der Waals surface area (Å²) >= 11 is 3.43. The Hall–Kier alpha value is -0.840. The number of aromatic nitrogens is 2. The fraction of sp³-hybridized carbons (Fsp3) is 0.692. The van der Waals surface area contributed by atoms with Crippen LogP contribution in [-0.4, -0.2) is 22.6 Å². The standard InChI is InChI=1S/C13H22BrN3O/c1-4-5-6-7-8-15-13(18)12-10(14)11(9(2)3)16-17-12/h9H,4-8H2,1-3H3,(H,15,18)(H,16,17). The van der Waals surface area contributed by atoms with Crippen LogP contribution in [0.1, 0.15) is 68.6 Å². The first kappa shape index (κ1) is 15.2. The quantitative estimate of drug-likeness (QED) is 0.755. The monoisotopic (exact) mass is 315 g/mol. The predicted octanol–water partition coefficient (Wildman–Crippen LogP) is 3.61. The third-order valence-corrected chi connectivity index (χ3v) is 3.64. The molecule has 0 aliphatic rings. The lowest BCUT2D eigenvalue weighted by atomic mass is 10.1. The van der Waals surface area contributed by atoms with Gasteiger partial charge in [-0.05, 0) is 28.3 Å². The van der Waals surface area contributed by atoms with E-state index in [1.807, 2.05) is 0 Å². The van der Waals surface area contributed by atoms with Crippen molar-refractivity contribution in [2.75, 3.05) is 6.54 Å². The van der Waals surface area contributed by atoms with Crippen molar-refractivity contribution < 1.29 is 4.79 Å². The van der Waals surface area contributed by atoms with E-state index < -0.39 is 0 Å². The van der Waals surface area contributed by atoms with Crippen molar-refractivity contribution in [2.45, 2.75) is 52.4 Å². The molecule has 0 spiro atoms. The highest BCUT2D eigenvalue weighted by molar-refractivity contribution is 9.10. The molecule has 0 aliphatic heterocycles. The molecule has 5 heteroatoms. The van der Waals surface area contributed by atoms with E-state index in [2.05, 4.69) is 52.2 Å². The van der Waals surface area contributed by atoms with Crippen molar-refractivity contribution in [3.8, 4) is 0 Å². The Bertz CT molecular complexity index is 388. The summed E-state index contributed by atoms with van der Waals surface area (Å²) in [5.74, 6) is 0.208. The van der Waals surface area contributed by atoms with Crippen LogP contribution in [0.2, 0.25) is 0 Å². The average Bonchev–Trinajstić information content (AvgIpc) is 2.70. The molecule has 0 unspecified atom stereocenters. The molecule has 1 aromatic heterocycles. The number of unbranched alkanes of at least 4 members (excludes halogenated alkanes) is 3. The largest absolute Gasteiger partial charge is 0.351 e. The molecule has 4 nitrogen and oxygen atoms in total. The van der Waals surface area contributed by atoms with Crippen molar-refractivity contribution in [2.24, 2.45) is 0 Å². The Labute approximate surface area is 117 Å². The van der Waals surface area contributed by atoms with Crippen LogP contribution in [0.3, 0.4) is 0 Å². The van der Waals surface area contributed by atoms with Gasteiger partial charge in [0, 0.05) is 6.54 Å². The van der Waals surface area contributed by atoms with Crippen LogP contribution < -0.4 is 5.32 Å². The van der Waals surface area contributed by atoms with Crippen LogP contribution in [0.5, 0.6) is 0 Å². The SMILES string of the molecule is CCCCCCNC(=O)c1n[nH]c(C(C)C)c1Br. The molecule has 0 radical (unpaired) electrons. The second kappa shape index (κ2) is 7.56. The highest BCUT2D eigenvalue weighted by Gasteiger charge is 2.18. The number of carbonyl (C=O) groups excluding carboxylic acids is 1. The van der Waals surface area contributed by atoms with Gasteiger partial charge in [-0.2, -0.15) is 5.10 Å². The third-order valence-electron chi connectivity index (χ3n) is 2.84. The summed E-state index contributed by atoms with van der Waals surface area (Å²) in [6, 6.07) is 0. The first-order valence-corrected chi connectivity index (χ1v) is 7.39. The zero-order valence-corrected chi connectivity index (χ0v) is 12.9. The Morgan fingerprint density at radius 3 is 2.67 bits per heavy atom. The number of nitrogens with zero attached hydrogens (tertiary/aromatic N) is 1. The van der Waals surface area contributed by atoms with Gasteiger partial charge in [-0.25, -0.2) is 0 Å². The van der Waals surface area contributed by atoms with Crippen LogP contribution in [0, 0.1) is 0 Å². The Balaban J connectivity index is 2.47. The van der Waals surface area contributed by atoms with Gasteiger partial charge in [0.05, 0.1) is 10.2 Å². The summed E-state index contributed by atoms with van der Waals surface area (Å²) in [5, 5.41) is 9.87. The molecule has 0 saturated carbocycles. The van der Waals surface area contributed by atoms with Gasteiger partial charge in [-0.15, -0.1) is 0 Å². The zero-order chi connectivity index (χ0) is 13.5. The van der Waals surface area contributed by atoms with Crippen LogP contribution >= 0.6 is 15.9 Å². The van der Waals surface area contributed by atoms with Gasteiger partial charge >= 0.3 is 0 Å². The molecular formula is C13H22BrN3O. The second-order valence-corrected chi connectivity index (χ2v) is 5.56. The molecule has 1 amide bonds. The number of aromatic amines is 1. The zero-order valence-electron chi connectivity index (χ0n) is 11.3. The molecule has 2 N–H and O–H groups in total. The summed E-state index contributed by atoms with van der Waals surface area (Å²) < 4.78 is 0.781. The van der Waals surface area contributed by atoms with Gasteiger partial charge in [-0.3, -0.25) is 9.89 Å². The van der Waals surface area contributed by atoms with Gasteiger partial charge in [0.15, 0.2) is 5.69 Å². The molecule has 0 fully saturated rings. The van der Waals surface area contributed by atoms with E-state index >= 15 is 0 Å². The molecular weight excluding hydrogens is 294 g/mol. The summed E-state index contributed by atoms with van der Waals surface area (Å²) in [4.78, 5) is 11.9. The van der Waals surface area contributed by atoms with Crippen molar-refractivity contribution in [3.63, 3.8) is 0 Å². The molecule has 0 atom stereocenters. The lowest BCUT2D eigenvalue weighted by Gasteiger charge is -2.04. The highest BCUT2D eigenvalue weighted by Crippen LogP contribution is 2.25. The molecule has 0 saturated heterocycles. The van der Waals surface area contributed by atoms with E-state index in [0.29, 0.717) is 11.6 Å². The number of H-pyrrole nitrogens is 1. The predicted molar refractivity (Wildman–Crippen MR) is 76.9 cm³/mol. The summed E-state index contributed by atoms with van der Waals surface area (Å²) in [6.07, 6.45) is 4.62. The topological polar surface area (TPSA) is 57.8 Å². The number of hydrogen-bond acceptors (Lipinski definition) is 2. The minimum atomic E-state index is -0.110. The summed E-state index contributed by atoms with van der Waals surface area (Å²) in [6.45, 7) is 7.01. The van der Waals surface area contributed by atoms with E-state index in [1.54, 1.807) is 0 Å². The number of rotatable bonds is 7. The van der Waals surface area contributed by atoms with Crippen molar-refractivity contribution in [1.82, 2.24) is 15.5 Å². The molecule has 18 heavy (non-hydrogen) atoms. The number of nitrogens with one attached hydrogen (secondary N) is 2. The minimum Gasteiger partial charge on any atom is -0.351 e. The van der Waals surface area contributed by atoms with E-state index in [0.717, 1.165) is 29.6 Å². The van der Waals surface area contributed by atoms with Crippen LogP contribution in [0.4, 0.5) is 0 Å². The maximum atomic E-state index is 11.9. The number of halogens is 1. The first-order chi connectivity index (χ1) is 8.57.